The minimum absolute atomic E-state index is 0.0414. The summed E-state index contributed by atoms with van der Waals surface area (Å²) < 4.78 is 5.11. The molecule has 0 aliphatic heterocycles. The topological polar surface area (TPSA) is 38.3 Å². The lowest BCUT2D eigenvalue weighted by atomic mass is 10.1. The van der Waals surface area contributed by atoms with E-state index in [0.29, 0.717) is 13.2 Å². The first-order chi connectivity index (χ1) is 9.70. The zero-order valence-corrected chi connectivity index (χ0v) is 11.8. The summed E-state index contributed by atoms with van der Waals surface area (Å²) in [7, 11) is 1.67. The highest BCUT2D eigenvalue weighted by Crippen LogP contribution is 2.09. The predicted molar refractivity (Wildman–Crippen MR) is 79.5 cm³/mol. The first kappa shape index (κ1) is 14.3. The SMILES string of the molecule is COCc1cccc(CNC(=O)c2ccccc2C)c1. The smallest absolute Gasteiger partial charge is 0.251 e. The summed E-state index contributed by atoms with van der Waals surface area (Å²) >= 11 is 0. The molecule has 2 rings (SSSR count). The Morgan fingerprint density at radius 3 is 2.60 bits per heavy atom. The number of carbonyl (C=O) groups is 1. The van der Waals surface area contributed by atoms with Gasteiger partial charge in [-0.3, -0.25) is 4.79 Å². The first-order valence-electron chi connectivity index (χ1n) is 6.61. The van der Waals surface area contributed by atoms with E-state index in [1.54, 1.807) is 7.11 Å². The van der Waals surface area contributed by atoms with Gasteiger partial charge in [0.05, 0.1) is 6.61 Å². The van der Waals surface area contributed by atoms with E-state index in [9.17, 15) is 4.79 Å². The summed E-state index contributed by atoms with van der Waals surface area (Å²) in [5.41, 5.74) is 3.88. The van der Waals surface area contributed by atoms with Gasteiger partial charge in [-0.15, -0.1) is 0 Å². The molecule has 3 nitrogen and oxygen atoms in total. The van der Waals surface area contributed by atoms with Crippen LogP contribution in [0.5, 0.6) is 0 Å². The molecule has 20 heavy (non-hydrogen) atoms. The Morgan fingerprint density at radius 2 is 1.85 bits per heavy atom. The fraction of sp³-hybridized carbons (Fsp3) is 0.235. The van der Waals surface area contributed by atoms with Crippen molar-refractivity contribution in [1.82, 2.24) is 5.32 Å². The molecule has 2 aromatic carbocycles. The zero-order valence-electron chi connectivity index (χ0n) is 11.8. The van der Waals surface area contributed by atoms with E-state index in [4.69, 9.17) is 4.74 Å². The molecule has 0 spiro atoms. The monoisotopic (exact) mass is 269 g/mol. The van der Waals surface area contributed by atoms with Gasteiger partial charge in [0.15, 0.2) is 0 Å². The molecule has 0 radical (unpaired) electrons. The number of benzene rings is 2. The number of hydrogen-bond acceptors (Lipinski definition) is 2. The molecule has 0 atom stereocenters. The third kappa shape index (κ3) is 3.68. The number of amides is 1. The fourth-order valence-electron chi connectivity index (χ4n) is 2.10. The van der Waals surface area contributed by atoms with E-state index in [0.717, 1.165) is 22.3 Å². The second kappa shape index (κ2) is 6.87. The predicted octanol–water partition coefficient (Wildman–Crippen LogP) is 3.07. The van der Waals surface area contributed by atoms with Crippen LogP contribution in [0.4, 0.5) is 0 Å². The number of ether oxygens (including phenoxy) is 1. The quantitative estimate of drug-likeness (QED) is 0.906. The fourth-order valence-corrected chi connectivity index (χ4v) is 2.10. The van der Waals surface area contributed by atoms with Crippen molar-refractivity contribution < 1.29 is 9.53 Å². The van der Waals surface area contributed by atoms with Crippen molar-refractivity contribution in [3.63, 3.8) is 0 Å². The average Bonchev–Trinajstić information content (AvgIpc) is 2.46. The molecular formula is C17H19NO2. The number of carbonyl (C=O) groups excluding carboxylic acids is 1. The van der Waals surface area contributed by atoms with Gasteiger partial charge < -0.3 is 10.1 Å². The lowest BCUT2D eigenvalue weighted by Crippen LogP contribution is -2.23. The van der Waals surface area contributed by atoms with Gasteiger partial charge in [0.1, 0.15) is 0 Å². The van der Waals surface area contributed by atoms with Gasteiger partial charge in [0.2, 0.25) is 0 Å². The number of rotatable bonds is 5. The Morgan fingerprint density at radius 1 is 1.10 bits per heavy atom. The van der Waals surface area contributed by atoms with Gasteiger partial charge >= 0.3 is 0 Å². The van der Waals surface area contributed by atoms with E-state index in [2.05, 4.69) is 5.32 Å². The Kier molecular flexibility index (Phi) is 4.91. The van der Waals surface area contributed by atoms with E-state index in [-0.39, 0.29) is 5.91 Å². The van der Waals surface area contributed by atoms with Crippen LogP contribution < -0.4 is 5.32 Å². The molecule has 0 heterocycles. The molecular weight excluding hydrogens is 250 g/mol. The Hall–Kier alpha value is -2.13. The molecule has 104 valence electrons. The van der Waals surface area contributed by atoms with Crippen molar-refractivity contribution in [3.8, 4) is 0 Å². The molecule has 3 heteroatoms. The van der Waals surface area contributed by atoms with Crippen molar-refractivity contribution in [2.24, 2.45) is 0 Å². The van der Waals surface area contributed by atoms with E-state index in [1.165, 1.54) is 0 Å². The molecule has 0 unspecified atom stereocenters. The summed E-state index contributed by atoms with van der Waals surface area (Å²) in [6.45, 7) is 3.04. The highest BCUT2D eigenvalue weighted by Gasteiger charge is 2.07. The number of hydrogen-bond donors (Lipinski definition) is 1. The lowest BCUT2D eigenvalue weighted by Gasteiger charge is -2.08. The van der Waals surface area contributed by atoms with Crippen molar-refractivity contribution >= 4 is 5.91 Å². The highest BCUT2D eigenvalue weighted by atomic mass is 16.5. The van der Waals surface area contributed by atoms with Crippen LogP contribution in [-0.4, -0.2) is 13.0 Å². The Bertz CT molecular complexity index is 593. The van der Waals surface area contributed by atoms with Crippen LogP contribution >= 0.6 is 0 Å². The maximum absolute atomic E-state index is 12.1. The third-order valence-corrected chi connectivity index (χ3v) is 3.15. The van der Waals surface area contributed by atoms with Crippen LogP contribution in [0.2, 0.25) is 0 Å². The number of methoxy groups -OCH3 is 1. The maximum Gasteiger partial charge on any atom is 0.251 e. The van der Waals surface area contributed by atoms with Crippen LogP contribution in [0, 0.1) is 6.92 Å². The van der Waals surface area contributed by atoms with Gasteiger partial charge in [-0.05, 0) is 29.7 Å². The van der Waals surface area contributed by atoms with Crippen LogP contribution in [0.15, 0.2) is 48.5 Å². The van der Waals surface area contributed by atoms with E-state index in [1.807, 2.05) is 55.5 Å². The van der Waals surface area contributed by atoms with Crippen molar-refractivity contribution in [3.05, 3.63) is 70.8 Å². The second-order valence-electron chi connectivity index (χ2n) is 4.75. The Labute approximate surface area is 119 Å². The molecule has 1 N–H and O–H groups in total. The molecule has 0 fully saturated rings. The molecule has 2 aromatic rings. The average molecular weight is 269 g/mol. The molecule has 0 bridgehead atoms. The molecule has 0 aromatic heterocycles. The molecule has 0 saturated heterocycles. The molecule has 0 aliphatic carbocycles. The van der Waals surface area contributed by atoms with Crippen molar-refractivity contribution in [2.75, 3.05) is 7.11 Å². The maximum atomic E-state index is 12.1. The summed E-state index contributed by atoms with van der Waals surface area (Å²) in [6.07, 6.45) is 0. The minimum atomic E-state index is -0.0414. The van der Waals surface area contributed by atoms with Gasteiger partial charge in [-0.1, -0.05) is 42.5 Å². The van der Waals surface area contributed by atoms with Crippen LogP contribution in [0.3, 0.4) is 0 Å². The van der Waals surface area contributed by atoms with Crippen LogP contribution in [0.1, 0.15) is 27.0 Å². The van der Waals surface area contributed by atoms with Gasteiger partial charge in [-0.2, -0.15) is 0 Å². The largest absolute Gasteiger partial charge is 0.380 e. The molecule has 0 saturated carbocycles. The van der Waals surface area contributed by atoms with Crippen LogP contribution in [-0.2, 0) is 17.9 Å². The van der Waals surface area contributed by atoms with Gasteiger partial charge in [0, 0.05) is 19.2 Å². The summed E-state index contributed by atoms with van der Waals surface area (Å²) in [4.78, 5) is 12.1. The number of nitrogens with one attached hydrogen (secondary N) is 1. The third-order valence-electron chi connectivity index (χ3n) is 3.15. The highest BCUT2D eigenvalue weighted by molar-refractivity contribution is 5.95. The summed E-state index contributed by atoms with van der Waals surface area (Å²) in [6, 6.07) is 15.6. The number of aryl methyl sites for hydroxylation is 1. The molecule has 1 amide bonds. The summed E-state index contributed by atoms with van der Waals surface area (Å²) in [5.74, 6) is -0.0414. The normalized spacial score (nSPS) is 10.3. The Balaban J connectivity index is 2.00. The standard InChI is InChI=1S/C17H19NO2/c1-13-6-3-4-9-16(13)17(19)18-11-14-7-5-8-15(10-14)12-20-2/h3-10H,11-12H2,1-2H3,(H,18,19). The van der Waals surface area contributed by atoms with E-state index >= 15 is 0 Å². The first-order valence-corrected chi connectivity index (χ1v) is 6.61. The van der Waals surface area contributed by atoms with Crippen molar-refractivity contribution in [1.29, 1.82) is 0 Å². The summed E-state index contributed by atoms with van der Waals surface area (Å²) in [5, 5.41) is 2.95. The zero-order chi connectivity index (χ0) is 14.4. The molecule has 0 aliphatic rings. The van der Waals surface area contributed by atoms with Gasteiger partial charge in [-0.25, -0.2) is 0 Å². The minimum Gasteiger partial charge on any atom is -0.380 e. The lowest BCUT2D eigenvalue weighted by molar-refractivity contribution is 0.0950. The van der Waals surface area contributed by atoms with Crippen molar-refractivity contribution in [2.45, 2.75) is 20.1 Å². The van der Waals surface area contributed by atoms with Crippen LogP contribution in [0.25, 0.3) is 0 Å². The van der Waals surface area contributed by atoms with Gasteiger partial charge in [0.25, 0.3) is 5.91 Å². The second-order valence-corrected chi connectivity index (χ2v) is 4.75. The van der Waals surface area contributed by atoms with E-state index < -0.39 is 0 Å².